The Balaban J connectivity index is 4.55. The summed E-state index contributed by atoms with van der Waals surface area (Å²) in [7, 11) is 1.31. The highest BCUT2D eigenvalue weighted by Gasteiger charge is 2.31. The molecular weight excluding hydrogens is 158 g/mol. The summed E-state index contributed by atoms with van der Waals surface area (Å²) in [5, 5.41) is 0. The van der Waals surface area contributed by atoms with Gasteiger partial charge in [-0.1, -0.05) is 0 Å². The molecule has 0 aromatic carbocycles. The number of carbonyl (C=O) groups excluding carboxylic acids is 2. The molecule has 0 heterocycles. The van der Waals surface area contributed by atoms with Crippen LogP contribution in [0.3, 0.4) is 0 Å². The van der Waals surface area contributed by atoms with Gasteiger partial charge < -0.3 is 4.74 Å². The molecule has 0 N–H and O–H groups in total. The fourth-order valence-electron chi connectivity index (χ4n) is 0.680. The smallest absolute Gasteiger partial charge is 0.310 e. The van der Waals surface area contributed by atoms with Crippen LogP contribution < -0.4 is 0 Å². The number of carbonyl (C=O) groups is 1. The summed E-state index contributed by atoms with van der Waals surface area (Å²) in [4.78, 5) is 24.5. The Morgan fingerprint density at radius 2 is 2.08 bits per heavy atom. The zero-order chi connectivity index (χ0) is 9.78. The fourth-order valence-corrected chi connectivity index (χ4v) is 0.680. The minimum atomic E-state index is -0.741. The van der Waals surface area contributed by atoms with Gasteiger partial charge in [0.05, 0.1) is 18.6 Å². The van der Waals surface area contributed by atoms with Gasteiger partial charge in [0.1, 0.15) is 0 Å². The fraction of sp³-hybridized carbons (Fsp3) is 0.750. The molecule has 0 aliphatic rings. The first-order valence-electron chi connectivity index (χ1n) is 3.62. The second-order valence-electron chi connectivity index (χ2n) is 3.10. The van der Waals surface area contributed by atoms with Gasteiger partial charge in [-0.15, -0.1) is 0 Å². The Labute approximate surface area is 71.6 Å². The molecule has 0 radical (unpaired) electrons. The molecule has 0 fully saturated rings. The van der Waals surface area contributed by atoms with E-state index in [-0.39, 0.29) is 5.97 Å². The second-order valence-corrected chi connectivity index (χ2v) is 3.10. The van der Waals surface area contributed by atoms with Crippen molar-refractivity contribution in [1.82, 2.24) is 0 Å². The van der Waals surface area contributed by atoms with Gasteiger partial charge in [-0.05, 0) is 20.8 Å². The molecule has 0 amide bonds. The summed E-state index contributed by atoms with van der Waals surface area (Å²) in [6.07, 6.45) is 1.44. The van der Waals surface area contributed by atoms with E-state index in [1.54, 1.807) is 20.8 Å². The van der Waals surface area contributed by atoms with Crippen LogP contribution in [0.25, 0.3) is 0 Å². The van der Waals surface area contributed by atoms with Crippen molar-refractivity contribution in [1.29, 1.82) is 0 Å². The quantitative estimate of drug-likeness (QED) is 0.360. The largest absolute Gasteiger partial charge is 0.469 e. The molecule has 0 aliphatic heterocycles. The van der Waals surface area contributed by atoms with Crippen molar-refractivity contribution in [2.75, 3.05) is 7.11 Å². The Bertz CT molecular complexity index is 216. The molecule has 0 saturated carbocycles. The van der Waals surface area contributed by atoms with E-state index in [2.05, 4.69) is 9.73 Å². The van der Waals surface area contributed by atoms with E-state index in [1.165, 1.54) is 13.2 Å². The van der Waals surface area contributed by atoms with Crippen molar-refractivity contribution in [2.24, 2.45) is 10.9 Å². The SMILES string of the molecule is COC(=O)C(C)C(C)(C)N=C=O. The first-order valence-corrected chi connectivity index (χ1v) is 3.62. The van der Waals surface area contributed by atoms with Gasteiger partial charge in [0.25, 0.3) is 0 Å². The molecule has 0 aromatic rings. The molecular formula is C8H13NO3. The molecule has 12 heavy (non-hydrogen) atoms. The van der Waals surface area contributed by atoms with Crippen LogP contribution in [-0.2, 0) is 14.3 Å². The standard InChI is InChI=1S/C8H13NO3/c1-6(7(11)12-4)8(2,3)9-5-10/h6H,1-4H3. The number of nitrogens with zero attached hydrogens (tertiary/aromatic N) is 1. The van der Waals surface area contributed by atoms with E-state index in [0.717, 1.165) is 0 Å². The first kappa shape index (κ1) is 10.8. The molecule has 0 bridgehead atoms. The minimum Gasteiger partial charge on any atom is -0.469 e. The summed E-state index contributed by atoms with van der Waals surface area (Å²) in [5.74, 6) is -0.817. The maximum atomic E-state index is 11.0. The minimum absolute atomic E-state index is 0.376. The number of hydrogen-bond acceptors (Lipinski definition) is 4. The Morgan fingerprint density at radius 3 is 2.42 bits per heavy atom. The molecule has 0 aliphatic carbocycles. The molecule has 68 valence electrons. The van der Waals surface area contributed by atoms with Crippen LogP contribution in [0.15, 0.2) is 4.99 Å². The predicted molar refractivity (Wildman–Crippen MR) is 43.4 cm³/mol. The topological polar surface area (TPSA) is 55.7 Å². The Morgan fingerprint density at radius 1 is 1.58 bits per heavy atom. The normalized spacial score (nSPS) is 13.0. The van der Waals surface area contributed by atoms with Crippen LogP contribution >= 0.6 is 0 Å². The molecule has 0 aromatic heterocycles. The number of aliphatic imine (C=N–C) groups is 1. The average molecular weight is 171 g/mol. The Hall–Kier alpha value is -1.15. The van der Waals surface area contributed by atoms with E-state index in [0.29, 0.717) is 0 Å². The van der Waals surface area contributed by atoms with Gasteiger partial charge in [-0.3, -0.25) is 4.79 Å². The number of rotatable bonds is 3. The number of isocyanates is 1. The van der Waals surface area contributed by atoms with Gasteiger partial charge in [0.2, 0.25) is 6.08 Å². The zero-order valence-corrected chi connectivity index (χ0v) is 7.75. The van der Waals surface area contributed by atoms with Gasteiger partial charge in [0, 0.05) is 0 Å². The van der Waals surface area contributed by atoms with Crippen molar-refractivity contribution < 1.29 is 14.3 Å². The first-order chi connectivity index (χ1) is 5.45. The summed E-state index contributed by atoms with van der Waals surface area (Å²) in [6, 6.07) is 0. The molecule has 0 spiro atoms. The van der Waals surface area contributed by atoms with E-state index >= 15 is 0 Å². The third kappa shape index (κ3) is 2.47. The van der Waals surface area contributed by atoms with E-state index in [1.807, 2.05) is 0 Å². The van der Waals surface area contributed by atoms with Crippen molar-refractivity contribution in [3.63, 3.8) is 0 Å². The van der Waals surface area contributed by atoms with Crippen LogP contribution in [0.2, 0.25) is 0 Å². The number of methoxy groups -OCH3 is 1. The molecule has 4 nitrogen and oxygen atoms in total. The summed E-state index contributed by atoms with van der Waals surface area (Å²) < 4.78 is 4.52. The van der Waals surface area contributed by atoms with Crippen LogP contribution in [0.4, 0.5) is 0 Å². The number of hydrogen-bond donors (Lipinski definition) is 0. The monoisotopic (exact) mass is 171 g/mol. The van der Waals surface area contributed by atoms with E-state index < -0.39 is 11.5 Å². The van der Waals surface area contributed by atoms with Gasteiger partial charge >= 0.3 is 5.97 Å². The predicted octanol–water partition coefficient (Wildman–Crippen LogP) is 0.910. The maximum absolute atomic E-state index is 11.0. The summed E-state index contributed by atoms with van der Waals surface area (Å²) in [6.45, 7) is 5.02. The molecule has 1 unspecified atom stereocenters. The summed E-state index contributed by atoms with van der Waals surface area (Å²) >= 11 is 0. The number of ether oxygens (including phenoxy) is 1. The van der Waals surface area contributed by atoms with Crippen LogP contribution in [-0.4, -0.2) is 24.7 Å². The lowest BCUT2D eigenvalue weighted by Gasteiger charge is -2.23. The van der Waals surface area contributed by atoms with Gasteiger partial charge in [-0.2, -0.15) is 4.99 Å². The van der Waals surface area contributed by atoms with Crippen LogP contribution in [0.5, 0.6) is 0 Å². The number of esters is 1. The third-order valence-corrected chi connectivity index (χ3v) is 1.95. The lowest BCUT2D eigenvalue weighted by molar-refractivity contribution is -0.146. The highest BCUT2D eigenvalue weighted by Crippen LogP contribution is 2.21. The molecule has 4 heteroatoms. The van der Waals surface area contributed by atoms with Gasteiger partial charge in [0.15, 0.2) is 0 Å². The third-order valence-electron chi connectivity index (χ3n) is 1.95. The molecule has 0 saturated heterocycles. The molecule has 1 atom stereocenters. The second kappa shape index (κ2) is 4.02. The Kier molecular flexibility index (Phi) is 3.64. The highest BCUT2D eigenvalue weighted by molar-refractivity contribution is 5.73. The van der Waals surface area contributed by atoms with E-state index in [9.17, 15) is 9.59 Å². The van der Waals surface area contributed by atoms with Crippen LogP contribution in [0.1, 0.15) is 20.8 Å². The van der Waals surface area contributed by atoms with Crippen molar-refractivity contribution in [2.45, 2.75) is 26.3 Å². The van der Waals surface area contributed by atoms with Crippen molar-refractivity contribution in [3.05, 3.63) is 0 Å². The van der Waals surface area contributed by atoms with Crippen molar-refractivity contribution >= 4 is 12.0 Å². The summed E-state index contributed by atoms with van der Waals surface area (Å²) in [5.41, 5.74) is -0.741. The van der Waals surface area contributed by atoms with Gasteiger partial charge in [-0.25, -0.2) is 4.79 Å². The molecule has 0 rings (SSSR count). The van der Waals surface area contributed by atoms with E-state index in [4.69, 9.17) is 0 Å². The lowest BCUT2D eigenvalue weighted by atomic mass is 9.90. The van der Waals surface area contributed by atoms with Crippen molar-refractivity contribution in [3.8, 4) is 0 Å². The average Bonchev–Trinajstić information content (AvgIpc) is 2.01. The maximum Gasteiger partial charge on any atom is 0.310 e. The lowest BCUT2D eigenvalue weighted by Crippen LogP contribution is -2.33. The highest BCUT2D eigenvalue weighted by atomic mass is 16.5. The van der Waals surface area contributed by atoms with Crippen LogP contribution in [0, 0.1) is 5.92 Å². The zero-order valence-electron chi connectivity index (χ0n) is 7.75.